The number of ether oxygens (including phenoxy) is 1. The molecule has 3 heteroatoms. The maximum absolute atomic E-state index is 11.8. The Bertz CT molecular complexity index is 307. The highest BCUT2D eigenvalue weighted by Crippen LogP contribution is 2.34. The quantitative estimate of drug-likeness (QED) is 0.516. The Morgan fingerprint density at radius 2 is 2.17 bits per heavy atom. The maximum Gasteiger partial charge on any atom is 0.306 e. The summed E-state index contributed by atoms with van der Waals surface area (Å²) in [6.07, 6.45) is 8.62. The van der Waals surface area contributed by atoms with E-state index in [0.717, 1.165) is 25.7 Å². The van der Waals surface area contributed by atoms with E-state index in [9.17, 15) is 9.59 Å². The standard InChI is InChI=1S/C15H24O3/c1-3-5-6-7-13-12(8-9-14(13)16)11-15(17)18-10-4-2/h5-6,12-13H,3-4,7-11H2,1-2H3/b6-5-/t12-,13-/m1/s1. The van der Waals surface area contributed by atoms with Gasteiger partial charge in [0.05, 0.1) is 6.61 Å². The summed E-state index contributed by atoms with van der Waals surface area (Å²) < 4.78 is 5.09. The third kappa shape index (κ3) is 4.63. The summed E-state index contributed by atoms with van der Waals surface area (Å²) in [4.78, 5) is 23.4. The molecule has 102 valence electrons. The van der Waals surface area contributed by atoms with Crippen LogP contribution in [0.3, 0.4) is 0 Å². The minimum atomic E-state index is -0.152. The second-order valence-corrected chi connectivity index (χ2v) is 4.91. The predicted octanol–water partition coefficient (Wildman–Crippen LogP) is 3.28. The number of hydrogen-bond acceptors (Lipinski definition) is 3. The summed E-state index contributed by atoms with van der Waals surface area (Å²) in [7, 11) is 0. The Labute approximate surface area is 110 Å². The van der Waals surface area contributed by atoms with E-state index in [1.54, 1.807) is 0 Å². The first-order chi connectivity index (χ1) is 8.69. The highest BCUT2D eigenvalue weighted by atomic mass is 16.5. The van der Waals surface area contributed by atoms with Gasteiger partial charge in [-0.05, 0) is 31.6 Å². The second-order valence-electron chi connectivity index (χ2n) is 4.91. The van der Waals surface area contributed by atoms with Crippen molar-refractivity contribution in [2.24, 2.45) is 11.8 Å². The Kier molecular flexibility index (Phi) is 6.69. The third-order valence-corrected chi connectivity index (χ3v) is 3.43. The molecule has 0 bridgehead atoms. The Balaban J connectivity index is 2.45. The molecule has 0 aliphatic heterocycles. The van der Waals surface area contributed by atoms with Gasteiger partial charge in [-0.25, -0.2) is 0 Å². The summed E-state index contributed by atoms with van der Waals surface area (Å²) in [5.74, 6) is 0.371. The second kappa shape index (κ2) is 8.06. The molecule has 0 aromatic carbocycles. The van der Waals surface area contributed by atoms with Gasteiger partial charge in [0, 0.05) is 18.8 Å². The van der Waals surface area contributed by atoms with E-state index in [-0.39, 0.29) is 17.8 Å². The summed E-state index contributed by atoms with van der Waals surface area (Å²) in [5.41, 5.74) is 0. The van der Waals surface area contributed by atoms with Gasteiger partial charge in [0.15, 0.2) is 0 Å². The molecule has 18 heavy (non-hydrogen) atoms. The Morgan fingerprint density at radius 1 is 1.39 bits per heavy atom. The fourth-order valence-corrected chi connectivity index (χ4v) is 2.44. The minimum absolute atomic E-state index is 0.0296. The van der Waals surface area contributed by atoms with Crippen LogP contribution in [0.1, 0.15) is 52.4 Å². The zero-order valence-electron chi connectivity index (χ0n) is 11.5. The fourth-order valence-electron chi connectivity index (χ4n) is 2.44. The van der Waals surface area contributed by atoms with Gasteiger partial charge in [-0.15, -0.1) is 0 Å². The first-order valence-corrected chi connectivity index (χ1v) is 7.02. The van der Waals surface area contributed by atoms with Gasteiger partial charge in [0.2, 0.25) is 0 Å². The van der Waals surface area contributed by atoms with Crippen LogP contribution in [0.4, 0.5) is 0 Å². The number of esters is 1. The molecule has 0 aromatic rings. The highest BCUT2D eigenvalue weighted by Gasteiger charge is 2.35. The zero-order chi connectivity index (χ0) is 13.4. The third-order valence-electron chi connectivity index (χ3n) is 3.43. The number of carbonyl (C=O) groups is 2. The molecule has 0 aromatic heterocycles. The van der Waals surface area contributed by atoms with Crippen LogP contribution in [0.15, 0.2) is 12.2 Å². The lowest BCUT2D eigenvalue weighted by molar-refractivity contribution is -0.145. The van der Waals surface area contributed by atoms with Crippen LogP contribution in [0.2, 0.25) is 0 Å². The molecule has 0 spiro atoms. The van der Waals surface area contributed by atoms with Crippen LogP contribution < -0.4 is 0 Å². The van der Waals surface area contributed by atoms with Crippen molar-refractivity contribution in [3.8, 4) is 0 Å². The molecule has 1 fully saturated rings. The smallest absolute Gasteiger partial charge is 0.306 e. The monoisotopic (exact) mass is 252 g/mol. The van der Waals surface area contributed by atoms with Crippen LogP contribution in [-0.4, -0.2) is 18.4 Å². The van der Waals surface area contributed by atoms with Crippen LogP contribution in [0.25, 0.3) is 0 Å². The molecule has 1 aliphatic carbocycles. The predicted molar refractivity (Wildman–Crippen MR) is 71.1 cm³/mol. The van der Waals surface area contributed by atoms with Crippen LogP contribution in [0, 0.1) is 11.8 Å². The summed E-state index contributed by atoms with van der Waals surface area (Å²) in [5, 5.41) is 0. The lowest BCUT2D eigenvalue weighted by Crippen LogP contribution is -2.18. The fraction of sp³-hybridized carbons (Fsp3) is 0.733. The first kappa shape index (κ1) is 14.9. The summed E-state index contributed by atoms with van der Waals surface area (Å²) in [6.45, 7) is 4.54. The van der Waals surface area contributed by atoms with Crippen LogP contribution in [0.5, 0.6) is 0 Å². The molecule has 1 rings (SSSR count). The summed E-state index contributed by atoms with van der Waals surface area (Å²) >= 11 is 0. The van der Waals surface area contributed by atoms with Crippen molar-refractivity contribution in [1.82, 2.24) is 0 Å². The topological polar surface area (TPSA) is 43.4 Å². The number of carbonyl (C=O) groups excluding carboxylic acids is 2. The largest absolute Gasteiger partial charge is 0.466 e. The number of ketones is 1. The van der Waals surface area contributed by atoms with Crippen molar-refractivity contribution >= 4 is 11.8 Å². The van der Waals surface area contributed by atoms with Crippen molar-refractivity contribution in [3.05, 3.63) is 12.2 Å². The molecule has 0 saturated heterocycles. The average Bonchev–Trinajstić information content (AvgIpc) is 2.69. The van der Waals surface area contributed by atoms with E-state index >= 15 is 0 Å². The SMILES string of the molecule is CC/C=C\C[C@H]1C(=O)CC[C@@H]1CC(=O)OCCC. The molecular formula is C15H24O3. The number of hydrogen-bond donors (Lipinski definition) is 0. The van der Waals surface area contributed by atoms with Crippen molar-refractivity contribution in [1.29, 1.82) is 0 Å². The van der Waals surface area contributed by atoms with Gasteiger partial charge in [0.1, 0.15) is 5.78 Å². The molecule has 1 saturated carbocycles. The zero-order valence-corrected chi connectivity index (χ0v) is 11.5. The van der Waals surface area contributed by atoms with Gasteiger partial charge in [-0.1, -0.05) is 26.0 Å². The van der Waals surface area contributed by atoms with Crippen molar-refractivity contribution in [3.63, 3.8) is 0 Å². The average molecular weight is 252 g/mol. The molecule has 1 aliphatic rings. The Morgan fingerprint density at radius 3 is 2.83 bits per heavy atom. The van der Waals surface area contributed by atoms with Crippen LogP contribution in [-0.2, 0) is 14.3 Å². The van der Waals surface area contributed by atoms with Gasteiger partial charge in [-0.2, -0.15) is 0 Å². The maximum atomic E-state index is 11.8. The van der Waals surface area contributed by atoms with Gasteiger partial charge >= 0.3 is 5.97 Å². The molecule has 0 unspecified atom stereocenters. The molecule has 0 radical (unpaired) electrons. The van der Waals surface area contributed by atoms with Crippen molar-refractivity contribution in [2.45, 2.75) is 52.4 Å². The van der Waals surface area contributed by atoms with Gasteiger partial charge in [0.25, 0.3) is 0 Å². The molecular weight excluding hydrogens is 228 g/mol. The normalized spacial score (nSPS) is 23.8. The first-order valence-electron chi connectivity index (χ1n) is 7.02. The van der Waals surface area contributed by atoms with E-state index in [1.807, 2.05) is 6.92 Å². The minimum Gasteiger partial charge on any atom is -0.466 e. The lowest BCUT2D eigenvalue weighted by Gasteiger charge is -2.16. The van der Waals surface area contributed by atoms with E-state index in [0.29, 0.717) is 25.2 Å². The molecule has 0 N–H and O–H groups in total. The van der Waals surface area contributed by atoms with E-state index in [4.69, 9.17) is 4.74 Å². The number of rotatable bonds is 7. The summed E-state index contributed by atoms with van der Waals surface area (Å²) in [6, 6.07) is 0. The van der Waals surface area contributed by atoms with Gasteiger partial charge in [-0.3, -0.25) is 9.59 Å². The van der Waals surface area contributed by atoms with E-state index in [2.05, 4.69) is 19.1 Å². The van der Waals surface area contributed by atoms with Crippen molar-refractivity contribution in [2.75, 3.05) is 6.61 Å². The molecule has 0 amide bonds. The van der Waals surface area contributed by atoms with Crippen LogP contribution >= 0.6 is 0 Å². The van der Waals surface area contributed by atoms with E-state index < -0.39 is 0 Å². The highest BCUT2D eigenvalue weighted by molar-refractivity contribution is 5.84. The molecule has 0 heterocycles. The number of allylic oxidation sites excluding steroid dienone is 2. The van der Waals surface area contributed by atoms with Gasteiger partial charge < -0.3 is 4.74 Å². The molecule has 3 nitrogen and oxygen atoms in total. The Hall–Kier alpha value is -1.12. The number of Topliss-reactive ketones (excluding diaryl/α,β-unsaturated/α-hetero) is 1. The van der Waals surface area contributed by atoms with Crippen molar-refractivity contribution < 1.29 is 14.3 Å². The molecule has 2 atom stereocenters. The van der Waals surface area contributed by atoms with E-state index in [1.165, 1.54) is 0 Å². The lowest BCUT2D eigenvalue weighted by atomic mass is 9.89.